The van der Waals surface area contributed by atoms with Crippen LogP contribution in [0.2, 0.25) is 0 Å². The molecule has 1 aromatic rings. The van der Waals surface area contributed by atoms with E-state index in [0.29, 0.717) is 6.04 Å². The molecule has 1 fully saturated rings. The van der Waals surface area contributed by atoms with Gasteiger partial charge in [-0.2, -0.15) is 0 Å². The molecule has 1 heterocycles. The molecule has 0 amide bonds. The van der Waals surface area contributed by atoms with Gasteiger partial charge in [0, 0.05) is 6.04 Å². The van der Waals surface area contributed by atoms with Gasteiger partial charge in [-0.05, 0) is 44.4 Å². The fourth-order valence-corrected chi connectivity index (χ4v) is 2.17. The summed E-state index contributed by atoms with van der Waals surface area (Å²) in [5.74, 6) is 0. The molecule has 0 aliphatic carbocycles. The van der Waals surface area contributed by atoms with E-state index in [-0.39, 0.29) is 0 Å². The van der Waals surface area contributed by atoms with Gasteiger partial charge in [0.1, 0.15) is 0 Å². The molecule has 70 valence electrons. The first-order valence-electron chi connectivity index (χ1n) is 5.08. The van der Waals surface area contributed by atoms with Crippen molar-refractivity contribution in [2.75, 3.05) is 6.54 Å². The van der Waals surface area contributed by atoms with E-state index in [2.05, 4.69) is 37.4 Å². The Labute approximate surface area is 80.2 Å². The molecule has 0 aromatic heterocycles. The lowest BCUT2D eigenvalue weighted by atomic mass is 9.98. The average Bonchev–Trinajstić information content (AvgIpc) is 2.56. The smallest absolute Gasteiger partial charge is 0.0323 e. The predicted molar refractivity (Wildman–Crippen MR) is 55.9 cm³/mol. The second-order valence-corrected chi connectivity index (χ2v) is 4.01. The van der Waals surface area contributed by atoms with Crippen LogP contribution >= 0.6 is 0 Å². The van der Waals surface area contributed by atoms with Crippen molar-refractivity contribution in [3.8, 4) is 0 Å². The first-order chi connectivity index (χ1) is 6.27. The summed E-state index contributed by atoms with van der Waals surface area (Å²) in [6, 6.07) is 7.37. The Morgan fingerprint density at radius 3 is 2.77 bits per heavy atom. The van der Waals surface area contributed by atoms with Crippen LogP contribution in [0.15, 0.2) is 18.2 Å². The van der Waals surface area contributed by atoms with Crippen molar-refractivity contribution in [2.24, 2.45) is 0 Å². The van der Waals surface area contributed by atoms with E-state index in [4.69, 9.17) is 0 Å². The molecule has 1 heteroatoms. The molecule has 1 aromatic carbocycles. The summed E-state index contributed by atoms with van der Waals surface area (Å²) in [4.78, 5) is 0. The molecule has 1 atom stereocenters. The van der Waals surface area contributed by atoms with Gasteiger partial charge in [0.25, 0.3) is 0 Å². The fourth-order valence-electron chi connectivity index (χ4n) is 2.17. The van der Waals surface area contributed by atoms with E-state index in [0.717, 1.165) is 0 Å². The number of nitrogens with one attached hydrogen (secondary N) is 1. The van der Waals surface area contributed by atoms with Crippen molar-refractivity contribution in [1.82, 2.24) is 5.32 Å². The molecule has 1 aliphatic heterocycles. The number of hydrogen-bond acceptors (Lipinski definition) is 1. The Kier molecular flexibility index (Phi) is 2.36. The molecule has 2 rings (SSSR count). The molecule has 1 saturated heterocycles. The molecule has 0 bridgehead atoms. The lowest BCUT2D eigenvalue weighted by Crippen LogP contribution is -2.13. The maximum absolute atomic E-state index is 3.53. The highest BCUT2D eigenvalue weighted by atomic mass is 14.9. The predicted octanol–water partition coefficient (Wildman–Crippen LogP) is 2.73. The van der Waals surface area contributed by atoms with Crippen LogP contribution in [0.5, 0.6) is 0 Å². The lowest BCUT2D eigenvalue weighted by molar-refractivity contribution is 0.643. The maximum atomic E-state index is 3.53. The number of aryl methyl sites for hydroxylation is 2. The van der Waals surface area contributed by atoms with Gasteiger partial charge >= 0.3 is 0 Å². The van der Waals surface area contributed by atoms with Gasteiger partial charge < -0.3 is 5.32 Å². The zero-order chi connectivity index (χ0) is 9.26. The normalized spacial score (nSPS) is 22.2. The van der Waals surface area contributed by atoms with Crippen molar-refractivity contribution in [2.45, 2.75) is 32.7 Å². The summed E-state index contributed by atoms with van der Waals surface area (Å²) in [5.41, 5.74) is 4.28. The first-order valence-corrected chi connectivity index (χ1v) is 5.08. The Morgan fingerprint density at radius 2 is 2.15 bits per heavy atom. The van der Waals surface area contributed by atoms with Crippen molar-refractivity contribution in [3.63, 3.8) is 0 Å². The standard InChI is InChI=1S/C12H17N/c1-9-5-6-11(10(2)8-9)12-4-3-7-13-12/h5-6,8,12-13H,3-4,7H2,1-2H3/t12-/m0/s1. The minimum absolute atomic E-state index is 0.612. The molecule has 0 radical (unpaired) electrons. The van der Waals surface area contributed by atoms with Crippen LogP contribution in [0.3, 0.4) is 0 Å². The zero-order valence-corrected chi connectivity index (χ0v) is 8.43. The quantitative estimate of drug-likeness (QED) is 0.692. The summed E-state index contributed by atoms with van der Waals surface area (Å²) in [7, 11) is 0. The highest BCUT2D eigenvalue weighted by molar-refractivity contribution is 5.33. The third kappa shape index (κ3) is 1.75. The molecule has 1 aliphatic rings. The van der Waals surface area contributed by atoms with Crippen molar-refractivity contribution in [1.29, 1.82) is 0 Å². The highest BCUT2D eigenvalue weighted by Gasteiger charge is 2.17. The van der Waals surface area contributed by atoms with Gasteiger partial charge in [0.15, 0.2) is 0 Å². The summed E-state index contributed by atoms with van der Waals surface area (Å²) in [5, 5.41) is 3.53. The minimum atomic E-state index is 0.612. The van der Waals surface area contributed by atoms with Crippen LogP contribution in [0.25, 0.3) is 0 Å². The third-order valence-electron chi connectivity index (χ3n) is 2.86. The Hall–Kier alpha value is -0.820. The molecule has 0 saturated carbocycles. The molecule has 0 unspecified atom stereocenters. The van der Waals surface area contributed by atoms with E-state index >= 15 is 0 Å². The van der Waals surface area contributed by atoms with Gasteiger partial charge in [0.05, 0.1) is 0 Å². The SMILES string of the molecule is Cc1ccc([C@@H]2CCCN2)c(C)c1. The molecule has 1 N–H and O–H groups in total. The van der Waals surface area contributed by atoms with Crippen molar-refractivity contribution < 1.29 is 0 Å². The van der Waals surface area contributed by atoms with Crippen LogP contribution in [0.4, 0.5) is 0 Å². The average molecular weight is 175 g/mol. The van der Waals surface area contributed by atoms with Crippen LogP contribution < -0.4 is 5.32 Å². The van der Waals surface area contributed by atoms with E-state index in [1.54, 1.807) is 0 Å². The molecular formula is C12H17N. The Balaban J connectivity index is 2.29. The monoisotopic (exact) mass is 175 g/mol. The lowest BCUT2D eigenvalue weighted by Gasteiger charge is -2.13. The van der Waals surface area contributed by atoms with Crippen molar-refractivity contribution >= 4 is 0 Å². The van der Waals surface area contributed by atoms with Gasteiger partial charge in [-0.15, -0.1) is 0 Å². The van der Waals surface area contributed by atoms with Crippen LogP contribution in [-0.4, -0.2) is 6.54 Å². The van der Waals surface area contributed by atoms with Gasteiger partial charge in [-0.1, -0.05) is 23.8 Å². The van der Waals surface area contributed by atoms with Gasteiger partial charge in [-0.25, -0.2) is 0 Å². The number of rotatable bonds is 1. The van der Waals surface area contributed by atoms with Gasteiger partial charge in [0.2, 0.25) is 0 Å². The molecule has 13 heavy (non-hydrogen) atoms. The largest absolute Gasteiger partial charge is 0.310 e. The van der Waals surface area contributed by atoms with Crippen LogP contribution in [-0.2, 0) is 0 Å². The van der Waals surface area contributed by atoms with Crippen LogP contribution in [0.1, 0.15) is 35.6 Å². The minimum Gasteiger partial charge on any atom is -0.310 e. The first kappa shape index (κ1) is 8.76. The maximum Gasteiger partial charge on any atom is 0.0323 e. The van der Waals surface area contributed by atoms with E-state index in [1.807, 2.05) is 0 Å². The van der Waals surface area contributed by atoms with E-state index < -0.39 is 0 Å². The number of hydrogen-bond donors (Lipinski definition) is 1. The van der Waals surface area contributed by atoms with Crippen LogP contribution in [0, 0.1) is 13.8 Å². The Morgan fingerprint density at radius 1 is 1.31 bits per heavy atom. The van der Waals surface area contributed by atoms with E-state index in [9.17, 15) is 0 Å². The second-order valence-electron chi connectivity index (χ2n) is 4.01. The molecular weight excluding hydrogens is 158 g/mol. The summed E-state index contributed by atoms with van der Waals surface area (Å²) in [6.45, 7) is 5.54. The van der Waals surface area contributed by atoms with Crippen molar-refractivity contribution in [3.05, 3.63) is 34.9 Å². The number of benzene rings is 1. The summed E-state index contributed by atoms with van der Waals surface area (Å²) < 4.78 is 0. The second kappa shape index (κ2) is 3.51. The summed E-state index contributed by atoms with van der Waals surface area (Å²) >= 11 is 0. The third-order valence-corrected chi connectivity index (χ3v) is 2.86. The topological polar surface area (TPSA) is 12.0 Å². The van der Waals surface area contributed by atoms with Gasteiger partial charge in [-0.3, -0.25) is 0 Å². The molecule has 0 spiro atoms. The van der Waals surface area contributed by atoms with E-state index in [1.165, 1.54) is 36.1 Å². The highest BCUT2D eigenvalue weighted by Crippen LogP contribution is 2.25. The Bertz CT molecular complexity index is 298. The fraction of sp³-hybridized carbons (Fsp3) is 0.500. The zero-order valence-electron chi connectivity index (χ0n) is 8.43. The summed E-state index contributed by atoms with van der Waals surface area (Å²) in [6.07, 6.45) is 2.61. The molecule has 1 nitrogen and oxygen atoms in total.